The molecular formula is C15H28N2OSi. The van der Waals surface area contributed by atoms with Crippen molar-refractivity contribution < 1.29 is 4.79 Å². The Morgan fingerprint density at radius 2 is 1.47 bits per heavy atom. The standard InChI is InChI=1S/C15H28N2OSi/c1-12(2)19(13(3)4,14(5)6)11-10-17-9-8-16(7)15(17)18/h12-14H,8-9H2,1-7H3. The normalized spacial score (nSPS) is 16.6. The highest BCUT2D eigenvalue weighted by Gasteiger charge is 2.42. The van der Waals surface area contributed by atoms with Crippen LogP contribution in [-0.2, 0) is 0 Å². The van der Waals surface area contributed by atoms with Gasteiger partial charge in [0.15, 0.2) is 0 Å². The van der Waals surface area contributed by atoms with E-state index in [4.69, 9.17) is 0 Å². The number of carbonyl (C=O) groups is 1. The van der Waals surface area contributed by atoms with Crippen LogP contribution in [0, 0.1) is 11.6 Å². The van der Waals surface area contributed by atoms with E-state index < -0.39 is 8.07 Å². The number of carbonyl (C=O) groups excluding carboxylic acids is 1. The molecule has 0 N–H and O–H groups in total. The third-order valence-electron chi connectivity index (χ3n) is 4.49. The minimum atomic E-state index is -1.72. The van der Waals surface area contributed by atoms with Crippen LogP contribution in [0.1, 0.15) is 41.5 Å². The van der Waals surface area contributed by atoms with Gasteiger partial charge in [-0.3, -0.25) is 4.90 Å². The smallest absolute Gasteiger partial charge is 0.325 e. The molecule has 108 valence electrons. The molecule has 1 heterocycles. The molecule has 0 radical (unpaired) electrons. The number of hydrogen-bond donors (Lipinski definition) is 0. The molecule has 19 heavy (non-hydrogen) atoms. The van der Waals surface area contributed by atoms with Crippen LogP contribution in [0.5, 0.6) is 0 Å². The summed E-state index contributed by atoms with van der Waals surface area (Å²) >= 11 is 0. The van der Waals surface area contributed by atoms with Gasteiger partial charge in [0.25, 0.3) is 0 Å². The van der Waals surface area contributed by atoms with Gasteiger partial charge in [-0.05, 0) is 16.6 Å². The van der Waals surface area contributed by atoms with Gasteiger partial charge in [-0.25, -0.2) is 4.79 Å². The summed E-state index contributed by atoms with van der Waals surface area (Å²) in [5.74, 6) is 0. The minimum absolute atomic E-state index is 0.0478. The highest BCUT2D eigenvalue weighted by atomic mass is 28.3. The number of amides is 2. The second-order valence-electron chi connectivity index (χ2n) is 6.49. The summed E-state index contributed by atoms with van der Waals surface area (Å²) in [5, 5.41) is 0. The van der Waals surface area contributed by atoms with E-state index in [0.717, 1.165) is 13.1 Å². The zero-order valence-corrected chi connectivity index (χ0v) is 14.4. The molecule has 0 aliphatic carbocycles. The molecule has 0 bridgehead atoms. The van der Waals surface area contributed by atoms with Crippen LogP contribution < -0.4 is 0 Å². The van der Waals surface area contributed by atoms with Crippen LogP contribution in [0.2, 0.25) is 16.6 Å². The number of likely N-dealkylation sites (N-methyl/N-ethyl adjacent to an activating group) is 1. The van der Waals surface area contributed by atoms with E-state index >= 15 is 0 Å². The van der Waals surface area contributed by atoms with Gasteiger partial charge in [0, 0.05) is 19.6 Å². The van der Waals surface area contributed by atoms with Gasteiger partial charge >= 0.3 is 6.03 Å². The van der Waals surface area contributed by atoms with Crippen LogP contribution in [-0.4, -0.2) is 44.0 Å². The van der Waals surface area contributed by atoms with Gasteiger partial charge in [0.05, 0.1) is 6.54 Å². The Bertz CT molecular complexity index is 371. The Balaban J connectivity index is 3.06. The third-order valence-corrected chi connectivity index (χ3v) is 10.8. The largest absolute Gasteiger partial charge is 0.331 e. The molecule has 1 rings (SSSR count). The molecule has 0 aromatic carbocycles. The van der Waals surface area contributed by atoms with E-state index in [-0.39, 0.29) is 6.03 Å². The summed E-state index contributed by atoms with van der Waals surface area (Å²) in [6.07, 6.45) is 0. The predicted octanol–water partition coefficient (Wildman–Crippen LogP) is 3.53. The van der Waals surface area contributed by atoms with E-state index in [9.17, 15) is 4.79 Å². The number of rotatable bonds is 3. The van der Waals surface area contributed by atoms with E-state index in [2.05, 4.69) is 53.1 Å². The molecule has 1 fully saturated rings. The van der Waals surface area contributed by atoms with E-state index in [1.165, 1.54) is 0 Å². The first kappa shape index (κ1) is 16.1. The average Bonchev–Trinajstić information content (AvgIpc) is 2.60. The van der Waals surface area contributed by atoms with Crippen LogP contribution >= 0.6 is 0 Å². The molecule has 1 aliphatic rings. The first-order valence-corrected chi connectivity index (χ1v) is 9.52. The first-order valence-electron chi connectivity index (χ1n) is 7.28. The Kier molecular flexibility index (Phi) is 5.09. The molecule has 0 atom stereocenters. The summed E-state index contributed by atoms with van der Waals surface area (Å²) < 4.78 is 0. The van der Waals surface area contributed by atoms with Crippen molar-refractivity contribution in [1.82, 2.24) is 9.80 Å². The molecule has 1 saturated heterocycles. The monoisotopic (exact) mass is 280 g/mol. The van der Waals surface area contributed by atoms with Crippen LogP contribution in [0.15, 0.2) is 0 Å². The quantitative estimate of drug-likeness (QED) is 0.573. The lowest BCUT2D eigenvalue weighted by atomic mass is 10.5. The van der Waals surface area contributed by atoms with Gasteiger partial charge in [0.2, 0.25) is 0 Å². The van der Waals surface area contributed by atoms with Crippen molar-refractivity contribution in [3.05, 3.63) is 0 Å². The van der Waals surface area contributed by atoms with Gasteiger partial charge in [-0.1, -0.05) is 41.5 Å². The fraction of sp³-hybridized carbons (Fsp3) is 0.800. The lowest BCUT2D eigenvalue weighted by molar-refractivity contribution is 0.211. The SMILES string of the molecule is CC(C)[Si](C#CN1CCN(C)C1=O)(C(C)C)C(C)C. The van der Waals surface area contributed by atoms with Crippen molar-refractivity contribution in [3.8, 4) is 11.6 Å². The summed E-state index contributed by atoms with van der Waals surface area (Å²) in [4.78, 5) is 15.3. The highest BCUT2D eigenvalue weighted by Crippen LogP contribution is 2.40. The summed E-state index contributed by atoms with van der Waals surface area (Å²) in [5.41, 5.74) is 5.41. The molecule has 4 heteroatoms. The Morgan fingerprint density at radius 3 is 1.79 bits per heavy atom. The summed E-state index contributed by atoms with van der Waals surface area (Å²) in [7, 11) is 0.115. The molecule has 0 aromatic heterocycles. The highest BCUT2D eigenvalue weighted by molar-refractivity contribution is 6.90. The van der Waals surface area contributed by atoms with E-state index in [1.54, 1.807) is 9.80 Å². The Morgan fingerprint density at radius 1 is 1.00 bits per heavy atom. The number of nitrogens with zero attached hydrogens (tertiary/aromatic N) is 2. The van der Waals surface area contributed by atoms with Crippen LogP contribution in [0.4, 0.5) is 4.79 Å². The van der Waals surface area contributed by atoms with E-state index in [1.807, 2.05) is 7.05 Å². The van der Waals surface area contributed by atoms with Crippen molar-refractivity contribution in [2.24, 2.45) is 0 Å². The number of urea groups is 1. The second-order valence-corrected chi connectivity index (χ2v) is 12.1. The van der Waals surface area contributed by atoms with Crippen molar-refractivity contribution in [2.45, 2.75) is 58.2 Å². The van der Waals surface area contributed by atoms with Gasteiger partial charge in [0.1, 0.15) is 8.07 Å². The Hall–Kier alpha value is -0.953. The van der Waals surface area contributed by atoms with Crippen molar-refractivity contribution in [2.75, 3.05) is 20.1 Å². The zero-order valence-electron chi connectivity index (χ0n) is 13.4. The fourth-order valence-corrected chi connectivity index (χ4v) is 8.54. The molecule has 3 nitrogen and oxygen atoms in total. The lowest BCUT2D eigenvalue weighted by Gasteiger charge is -2.38. The zero-order chi connectivity index (χ0) is 14.8. The predicted molar refractivity (Wildman–Crippen MR) is 83.6 cm³/mol. The average molecular weight is 280 g/mol. The van der Waals surface area contributed by atoms with Crippen molar-refractivity contribution >= 4 is 14.1 Å². The maximum atomic E-state index is 11.9. The minimum Gasteiger partial charge on any atom is -0.325 e. The Labute approximate surface area is 119 Å². The molecule has 1 aliphatic heterocycles. The van der Waals surface area contributed by atoms with Crippen LogP contribution in [0.3, 0.4) is 0 Å². The van der Waals surface area contributed by atoms with Gasteiger partial charge in [-0.15, -0.1) is 5.54 Å². The fourth-order valence-electron chi connectivity index (χ4n) is 3.35. The lowest BCUT2D eigenvalue weighted by Crippen LogP contribution is -2.43. The first-order chi connectivity index (χ1) is 8.73. The molecule has 0 aromatic rings. The van der Waals surface area contributed by atoms with Gasteiger partial charge < -0.3 is 4.90 Å². The molecule has 2 amide bonds. The maximum absolute atomic E-state index is 11.9. The molecular weight excluding hydrogens is 252 g/mol. The maximum Gasteiger partial charge on any atom is 0.331 e. The number of hydrogen-bond acceptors (Lipinski definition) is 1. The van der Waals surface area contributed by atoms with Crippen molar-refractivity contribution in [1.29, 1.82) is 0 Å². The van der Waals surface area contributed by atoms with Crippen molar-refractivity contribution in [3.63, 3.8) is 0 Å². The van der Waals surface area contributed by atoms with Crippen LogP contribution in [0.25, 0.3) is 0 Å². The second kappa shape index (κ2) is 6.00. The third kappa shape index (κ3) is 2.97. The molecule has 0 spiro atoms. The van der Waals surface area contributed by atoms with E-state index in [0.29, 0.717) is 16.6 Å². The molecule has 0 saturated carbocycles. The molecule has 0 unspecified atom stereocenters. The van der Waals surface area contributed by atoms with Gasteiger partial charge in [-0.2, -0.15) is 0 Å². The topological polar surface area (TPSA) is 23.6 Å². The summed E-state index contributed by atoms with van der Waals surface area (Å²) in [6.45, 7) is 15.3. The summed E-state index contributed by atoms with van der Waals surface area (Å²) in [6, 6.07) is 3.25.